The molecule has 1 aliphatic carbocycles. The van der Waals surface area contributed by atoms with Crippen molar-refractivity contribution in [2.24, 2.45) is 11.8 Å². The molecule has 1 fully saturated rings. The van der Waals surface area contributed by atoms with Crippen molar-refractivity contribution >= 4 is 5.78 Å². The fourth-order valence-electron chi connectivity index (χ4n) is 4.49. The van der Waals surface area contributed by atoms with Crippen LogP contribution < -0.4 is 9.47 Å². The molecule has 6 heteroatoms. The zero-order valence-corrected chi connectivity index (χ0v) is 17.9. The van der Waals surface area contributed by atoms with Gasteiger partial charge in [-0.2, -0.15) is 0 Å². The van der Waals surface area contributed by atoms with Gasteiger partial charge in [-0.05, 0) is 49.7 Å². The standard InChI is InChI=1S/C25H29NO5/c1-26(14-17-6-4-3-5-7-17)15-21-22(27)13-12-20-24(28)23(16-30-25(20)21)31-19-10-8-18(29-2)9-11-19/h3-11,16,20-22,25,27H,12-15H2,1-2H3. The van der Waals surface area contributed by atoms with Crippen LogP contribution in [0.5, 0.6) is 11.5 Å². The summed E-state index contributed by atoms with van der Waals surface area (Å²) < 4.78 is 16.9. The second kappa shape index (κ2) is 9.54. The fraction of sp³-hybridized carbons (Fsp3) is 0.400. The number of hydrogen-bond donors (Lipinski definition) is 1. The van der Waals surface area contributed by atoms with Gasteiger partial charge in [-0.15, -0.1) is 0 Å². The lowest BCUT2D eigenvalue weighted by molar-refractivity contribution is -0.139. The van der Waals surface area contributed by atoms with Crippen molar-refractivity contribution in [2.75, 3.05) is 20.7 Å². The average molecular weight is 424 g/mol. The Kier molecular flexibility index (Phi) is 6.59. The summed E-state index contributed by atoms with van der Waals surface area (Å²) in [5.41, 5.74) is 1.21. The van der Waals surface area contributed by atoms with E-state index in [1.54, 1.807) is 31.4 Å². The topological polar surface area (TPSA) is 68.2 Å². The Labute approximate surface area is 183 Å². The van der Waals surface area contributed by atoms with E-state index >= 15 is 0 Å². The third kappa shape index (κ3) is 4.92. The summed E-state index contributed by atoms with van der Waals surface area (Å²) >= 11 is 0. The predicted molar refractivity (Wildman–Crippen MR) is 117 cm³/mol. The van der Waals surface area contributed by atoms with E-state index in [2.05, 4.69) is 17.0 Å². The zero-order chi connectivity index (χ0) is 21.8. The molecule has 0 radical (unpaired) electrons. The van der Waals surface area contributed by atoms with Crippen LogP contribution in [0.2, 0.25) is 0 Å². The number of carbonyl (C=O) groups is 1. The van der Waals surface area contributed by atoms with E-state index in [0.29, 0.717) is 25.1 Å². The monoisotopic (exact) mass is 423 g/mol. The molecule has 0 amide bonds. The van der Waals surface area contributed by atoms with E-state index in [4.69, 9.17) is 14.2 Å². The summed E-state index contributed by atoms with van der Waals surface area (Å²) in [6.45, 7) is 1.42. The van der Waals surface area contributed by atoms with Crippen molar-refractivity contribution < 1.29 is 24.1 Å². The molecule has 0 bridgehead atoms. The van der Waals surface area contributed by atoms with Crippen molar-refractivity contribution in [1.29, 1.82) is 0 Å². The molecule has 2 aromatic carbocycles. The van der Waals surface area contributed by atoms with Gasteiger partial charge < -0.3 is 24.2 Å². The fourth-order valence-corrected chi connectivity index (χ4v) is 4.49. The molecular weight excluding hydrogens is 394 g/mol. The quantitative estimate of drug-likeness (QED) is 0.736. The Morgan fingerprint density at radius 2 is 1.77 bits per heavy atom. The lowest BCUT2D eigenvalue weighted by atomic mass is 9.73. The van der Waals surface area contributed by atoms with Gasteiger partial charge in [-0.1, -0.05) is 30.3 Å². The number of allylic oxidation sites excluding steroid dienone is 1. The summed E-state index contributed by atoms with van der Waals surface area (Å²) in [6.07, 6.45) is 1.74. The molecule has 0 aromatic heterocycles. The van der Waals surface area contributed by atoms with Crippen LogP contribution in [0, 0.1) is 11.8 Å². The predicted octanol–water partition coefficient (Wildman–Crippen LogP) is 3.40. The van der Waals surface area contributed by atoms with Crippen LogP contribution in [-0.2, 0) is 16.1 Å². The number of benzene rings is 2. The van der Waals surface area contributed by atoms with Gasteiger partial charge in [0.05, 0.1) is 19.1 Å². The number of fused-ring (bicyclic) bond motifs is 1. The second-order valence-electron chi connectivity index (χ2n) is 8.32. The van der Waals surface area contributed by atoms with Gasteiger partial charge in [0.25, 0.3) is 0 Å². The number of aliphatic hydroxyl groups excluding tert-OH is 1. The van der Waals surface area contributed by atoms with Crippen molar-refractivity contribution in [3.05, 3.63) is 72.2 Å². The van der Waals surface area contributed by atoms with E-state index in [9.17, 15) is 9.90 Å². The van der Waals surface area contributed by atoms with E-state index in [0.717, 1.165) is 12.3 Å². The lowest BCUT2D eigenvalue weighted by Crippen LogP contribution is -2.52. The zero-order valence-electron chi connectivity index (χ0n) is 17.9. The van der Waals surface area contributed by atoms with E-state index in [-0.39, 0.29) is 29.5 Å². The Balaban J connectivity index is 1.44. The maximum absolute atomic E-state index is 13.1. The van der Waals surface area contributed by atoms with Crippen LogP contribution >= 0.6 is 0 Å². The van der Waals surface area contributed by atoms with Crippen molar-refractivity contribution in [3.8, 4) is 11.5 Å². The minimum atomic E-state index is -0.496. The van der Waals surface area contributed by atoms with Crippen LogP contribution in [0.15, 0.2) is 66.6 Å². The molecule has 1 N–H and O–H groups in total. The Morgan fingerprint density at radius 1 is 1.06 bits per heavy atom. The van der Waals surface area contributed by atoms with E-state index < -0.39 is 6.10 Å². The first kappa shape index (κ1) is 21.4. The van der Waals surface area contributed by atoms with Crippen LogP contribution in [0.4, 0.5) is 0 Å². The maximum atomic E-state index is 13.1. The molecule has 1 saturated carbocycles. The Morgan fingerprint density at radius 3 is 2.48 bits per heavy atom. The van der Waals surface area contributed by atoms with Gasteiger partial charge in [0.15, 0.2) is 0 Å². The highest BCUT2D eigenvalue weighted by atomic mass is 16.5. The highest BCUT2D eigenvalue weighted by molar-refractivity contribution is 5.96. The van der Waals surface area contributed by atoms with Crippen LogP contribution in [-0.4, -0.2) is 48.7 Å². The number of hydrogen-bond acceptors (Lipinski definition) is 6. The molecule has 164 valence electrons. The Bertz CT molecular complexity index is 911. The largest absolute Gasteiger partial charge is 0.497 e. The minimum Gasteiger partial charge on any atom is -0.497 e. The number of ketones is 1. The molecule has 4 atom stereocenters. The first-order valence-corrected chi connectivity index (χ1v) is 10.7. The molecule has 1 aliphatic heterocycles. The molecule has 0 saturated heterocycles. The highest BCUT2D eigenvalue weighted by Crippen LogP contribution is 2.38. The van der Waals surface area contributed by atoms with Gasteiger partial charge >= 0.3 is 0 Å². The van der Waals surface area contributed by atoms with Gasteiger partial charge in [0.2, 0.25) is 11.5 Å². The van der Waals surface area contributed by atoms with Crippen molar-refractivity contribution in [2.45, 2.75) is 31.6 Å². The molecule has 6 nitrogen and oxygen atoms in total. The molecule has 4 rings (SSSR count). The van der Waals surface area contributed by atoms with Gasteiger partial charge in [-0.25, -0.2) is 0 Å². The highest BCUT2D eigenvalue weighted by Gasteiger charge is 2.47. The Hall–Kier alpha value is -2.83. The summed E-state index contributed by atoms with van der Waals surface area (Å²) in [5, 5.41) is 10.7. The number of methoxy groups -OCH3 is 1. The average Bonchev–Trinajstić information content (AvgIpc) is 2.78. The van der Waals surface area contributed by atoms with Crippen LogP contribution in [0.3, 0.4) is 0 Å². The van der Waals surface area contributed by atoms with E-state index in [1.165, 1.54) is 11.8 Å². The molecule has 4 unspecified atom stereocenters. The van der Waals surface area contributed by atoms with Crippen molar-refractivity contribution in [3.63, 3.8) is 0 Å². The number of Topliss-reactive ketones (excluding diaryl/α,β-unsaturated/α-hetero) is 1. The van der Waals surface area contributed by atoms with Crippen molar-refractivity contribution in [1.82, 2.24) is 4.90 Å². The summed E-state index contributed by atoms with van der Waals surface area (Å²) in [7, 11) is 3.63. The molecule has 2 aromatic rings. The molecule has 0 spiro atoms. The van der Waals surface area contributed by atoms with Gasteiger partial charge in [0, 0.05) is 19.0 Å². The maximum Gasteiger partial charge on any atom is 0.208 e. The number of nitrogens with zero attached hydrogens (tertiary/aromatic N) is 1. The van der Waals surface area contributed by atoms with E-state index in [1.807, 2.05) is 25.2 Å². The van der Waals surface area contributed by atoms with Gasteiger partial charge in [-0.3, -0.25) is 4.79 Å². The third-order valence-electron chi connectivity index (χ3n) is 6.10. The first-order chi connectivity index (χ1) is 15.0. The summed E-state index contributed by atoms with van der Waals surface area (Å²) in [5.74, 6) is 0.967. The first-order valence-electron chi connectivity index (χ1n) is 10.7. The smallest absolute Gasteiger partial charge is 0.208 e. The summed E-state index contributed by atoms with van der Waals surface area (Å²) in [6, 6.07) is 17.3. The molecular formula is C25H29NO5. The minimum absolute atomic E-state index is 0.0605. The number of aliphatic hydroxyl groups is 1. The normalized spacial score (nSPS) is 25.4. The SMILES string of the molecule is COc1ccc(OC2=COC3C(CCC(O)C3CN(C)Cc3ccccc3)C2=O)cc1. The third-order valence-corrected chi connectivity index (χ3v) is 6.10. The number of carbonyl (C=O) groups excluding carboxylic acids is 1. The molecule has 31 heavy (non-hydrogen) atoms. The van der Waals surface area contributed by atoms with Gasteiger partial charge in [0.1, 0.15) is 23.9 Å². The number of rotatable bonds is 7. The summed E-state index contributed by atoms with van der Waals surface area (Å²) in [4.78, 5) is 15.3. The number of ether oxygens (including phenoxy) is 3. The lowest BCUT2D eigenvalue weighted by Gasteiger charge is -2.43. The van der Waals surface area contributed by atoms with Crippen LogP contribution in [0.1, 0.15) is 18.4 Å². The second-order valence-corrected chi connectivity index (χ2v) is 8.32. The molecule has 1 heterocycles. The van der Waals surface area contributed by atoms with Crippen LogP contribution in [0.25, 0.3) is 0 Å². The molecule has 2 aliphatic rings.